The molecule has 2 aliphatic carbocycles. The smallest absolute Gasteiger partial charge is 0.363 e. The molecular formula is C96H123N7O19S11+2. The maximum Gasteiger partial charge on any atom is 0.363 e. The van der Waals surface area contributed by atoms with E-state index in [0.717, 1.165) is 76.0 Å². The number of nitrogens with zero attached hydrogens (tertiary/aromatic N) is 5. The predicted molar refractivity (Wildman–Crippen MR) is 542 cm³/mol. The number of carboxylic acids is 2. The van der Waals surface area contributed by atoms with E-state index in [1.165, 1.54) is 119 Å². The molecule has 1 saturated heterocycles. The van der Waals surface area contributed by atoms with Crippen LogP contribution in [0.1, 0.15) is 175 Å². The van der Waals surface area contributed by atoms with Crippen LogP contribution in [0.25, 0.3) is 0 Å². The first-order valence-electron chi connectivity index (χ1n) is 45.0. The number of imide groups is 1. The molecule has 11 heterocycles. The van der Waals surface area contributed by atoms with Crippen molar-refractivity contribution in [3.8, 4) is 0 Å². The summed E-state index contributed by atoms with van der Waals surface area (Å²) in [6.45, 7) is 33.7. The second-order valence-electron chi connectivity index (χ2n) is 36.1. The maximum absolute atomic E-state index is 13.4. The number of nitrogens with two attached hydrogens (primary N) is 1. The lowest BCUT2D eigenvalue weighted by molar-refractivity contribution is -0.445. The average molecular weight is 2030 g/mol. The summed E-state index contributed by atoms with van der Waals surface area (Å²) < 4.78 is 62.8. The summed E-state index contributed by atoms with van der Waals surface area (Å²) in [5, 5.41) is 19.8. The van der Waals surface area contributed by atoms with E-state index >= 15 is 0 Å². The predicted octanol–water partition coefficient (Wildman–Crippen LogP) is 11.9. The number of aryl methyl sites for hydroxylation is 2. The van der Waals surface area contributed by atoms with Gasteiger partial charge in [0.2, 0.25) is 11.4 Å². The van der Waals surface area contributed by atoms with Gasteiger partial charge in [-0.3, -0.25) is 24.0 Å². The minimum absolute atomic E-state index is 0. The van der Waals surface area contributed by atoms with Gasteiger partial charge >= 0.3 is 17.9 Å². The monoisotopic (exact) mass is 2030 g/mol. The summed E-state index contributed by atoms with van der Waals surface area (Å²) >= 11 is 9.35. The highest BCUT2D eigenvalue weighted by Crippen LogP contribution is 2.58. The molecule has 133 heavy (non-hydrogen) atoms. The van der Waals surface area contributed by atoms with Crippen molar-refractivity contribution in [1.29, 1.82) is 0 Å². The van der Waals surface area contributed by atoms with Gasteiger partial charge in [0.15, 0.2) is 24.5 Å². The van der Waals surface area contributed by atoms with Crippen molar-refractivity contribution < 1.29 is 100 Å². The van der Waals surface area contributed by atoms with Crippen LogP contribution in [0.2, 0.25) is 0 Å². The van der Waals surface area contributed by atoms with Crippen LogP contribution < -0.4 is 20.9 Å². The van der Waals surface area contributed by atoms with Crippen LogP contribution in [0.5, 0.6) is 0 Å². The highest BCUT2D eigenvalue weighted by Gasteiger charge is 2.57. The van der Waals surface area contributed by atoms with Crippen LogP contribution in [0.4, 0.5) is 22.7 Å². The zero-order valence-electron chi connectivity index (χ0n) is 76.3. The maximum atomic E-state index is 13.4. The Hall–Kier alpha value is -6.74. The van der Waals surface area contributed by atoms with Crippen LogP contribution >= 0.6 is 0 Å². The number of hydroxylamine groups is 2. The highest BCUT2D eigenvalue weighted by molar-refractivity contribution is 8.74. The fraction of sp³-hybridized carbons (Fsp3) is 0.542. The third-order valence-electron chi connectivity index (χ3n) is 26.3. The lowest BCUT2D eigenvalue weighted by atomic mass is 9.71. The highest BCUT2D eigenvalue weighted by atomic mass is 33.4. The second kappa shape index (κ2) is 47.3. The lowest BCUT2D eigenvalue weighted by Gasteiger charge is -2.44. The summed E-state index contributed by atoms with van der Waals surface area (Å²) in [7, 11) is 14.5. The number of nitrogens with one attached hydrogen (secondary N) is 1. The molecule has 17 rings (SSSR count). The molecule has 3 amide bonds. The van der Waals surface area contributed by atoms with Gasteiger partial charge in [0.25, 0.3) is 17.7 Å². The zero-order chi connectivity index (χ0) is 93.6. The molecule has 26 nitrogen and oxygen atoms in total. The normalized spacial score (nSPS) is 21.8. The van der Waals surface area contributed by atoms with E-state index in [4.69, 9.17) is 62.4 Å². The van der Waals surface area contributed by atoms with Crippen LogP contribution in [-0.2, 0) is 195 Å². The third-order valence-corrected chi connectivity index (χ3v) is 44.0. The SMILES string of the molecule is C.Cc1ccc2c(c1)C(C)(C)C1=C3C=C4C=C5C6=[N+](CC[C@H]5O[C@H]4C[C@H]3CCN12)c1ccc(C(=O)NCCOCCOCCOCCOCCOCCOCCOCCOCCC(=O)O)cc1C6(C)C.Cc1ccc2c(c1)C(C)(C)C1=C3C=C4C=C5C6=[N+](CC[C@H]5O[C@H]4C[C@H]3CCN12)c1ccc(C(=O)ON2C(=O)CCC2=O)cc1C6(C)C.NCC(=O)O.S=S=S=S=S=S=S=S=S=S=S. The molecule has 4 aromatic carbocycles. The molecule has 4 aromatic rings. The molecule has 1 fully saturated rings. The molecule has 0 saturated carbocycles. The molecule has 0 spiro atoms. The first kappa shape index (κ1) is 104. The van der Waals surface area contributed by atoms with Gasteiger partial charge < -0.3 is 83.3 Å². The van der Waals surface area contributed by atoms with E-state index in [2.05, 4.69) is 194 Å². The van der Waals surface area contributed by atoms with Gasteiger partial charge in [-0.15, -0.1) is 5.06 Å². The molecule has 37 heteroatoms. The number of ether oxygens (including phenoxy) is 10. The summed E-state index contributed by atoms with van der Waals surface area (Å²) in [5.41, 5.74) is 30.8. The Bertz CT molecular complexity index is 5810. The van der Waals surface area contributed by atoms with Crippen LogP contribution in [0.3, 0.4) is 0 Å². The number of hydrogen-bond donors (Lipinski definition) is 4. The van der Waals surface area contributed by atoms with Gasteiger partial charge in [0, 0.05) is 221 Å². The molecule has 0 bridgehead atoms. The van der Waals surface area contributed by atoms with Gasteiger partial charge in [0.1, 0.15) is 0 Å². The number of allylic oxidation sites excluding steroid dienone is 6. The summed E-state index contributed by atoms with van der Waals surface area (Å²) in [5.74, 6) is -2.63. The van der Waals surface area contributed by atoms with Gasteiger partial charge in [-0.1, -0.05) is 82.7 Å². The summed E-state index contributed by atoms with van der Waals surface area (Å²) in [4.78, 5) is 80.7. The number of fused-ring (bicyclic) bond motifs is 18. The molecule has 720 valence electrons. The number of hydrogen-bond acceptors (Lipinski definition) is 22. The number of anilines is 2. The fourth-order valence-electron chi connectivity index (χ4n) is 20.4. The van der Waals surface area contributed by atoms with Gasteiger partial charge in [-0.25, -0.2) is 4.79 Å². The largest absolute Gasteiger partial charge is 0.481 e. The van der Waals surface area contributed by atoms with Gasteiger partial charge in [-0.05, 0) is 161 Å². The standard InChI is InChI=1S/C54H73N3O12.C39H40N3O5.C2H5NO2.CH4.S11/c1-37-6-8-45-43(32-37)53(2,3)50-41-33-40-34-42-47(69-48(40)36-38(41)10-14-56(45)50)11-15-57-46-9-7-39(35-44(46)54(4,5)51(42)57)52(60)55-13-17-62-19-21-64-23-25-66-27-29-68-31-30-67-28-26-65-24-22-63-20-18-61-16-12-49(58)59;1-21-6-8-29-27(16-21)38(2,3)35-25-17-24-18-26-31(46-32(24)20-22(25)12-14-40(29)35)13-15-41-30-9-7-23(19-28(30)39(4,5)36(26)41)37(45)47-42-33(43)10-11-34(42)44;3-1-2(4)5;;1-3-5-7-9-11-10-8-6-4-2/h6-9,32-35,38,47-48H,10-31,36H2,1-5H3,(H-,55,58,59,60);6-9,16-19,22,31-32H,10-15,20H2,1-5H3;1,3H2,(H,4,5);1H4;/q;+1;;;/p+1/t38-,47-,48+;22-,31-,32+;;;/m11.../s1. The minimum Gasteiger partial charge on any atom is -0.481 e. The van der Waals surface area contributed by atoms with E-state index in [0.29, 0.717) is 134 Å². The molecule has 6 atom stereocenters. The summed E-state index contributed by atoms with van der Waals surface area (Å²) in [6, 6.07) is 25.6. The number of benzene rings is 4. The van der Waals surface area contributed by atoms with Crippen molar-refractivity contribution in [1.82, 2.24) is 10.4 Å². The second-order valence-corrected chi connectivity index (χ2v) is 52.0. The lowest BCUT2D eigenvalue weighted by Crippen LogP contribution is -2.46. The van der Waals surface area contributed by atoms with Crippen LogP contribution in [-0.4, -0.2) is 241 Å². The van der Waals surface area contributed by atoms with Crippen LogP contribution in [0.15, 0.2) is 142 Å². The summed E-state index contributed by atoms with van der Waals surface area (Å²) in [6.07, 6.45) is 16.4. The van der Waals surface area contributed by atoms with E-state index in [1.807, 2.05) is 18.2 Å². The third kappa shape index (κ3) is 23.9. The number of rotatable bonds is 31. The number of aliphatic carboxylic acids is 2. The first-order chi connectivity index (χ1) is 63.6. The van der Waals surface area contributed by atoms with Crippen molar-refractivity contribution in [3.63, 3.8) is 0 Å². The molecule has 5 N–H and O–H groups in total. The Morgan fingerprint density at radius 2 is 0.865 bits per heavy atom. The number of amides is 3. The van der Waals surface area contributed by atoms with E-state index < -0.39 is 35.1 Å². The molecule has 11 aliphatic heterocycles. The van der Waals surface area contributed by atoms with E-state index in [-0.39, 0.29) is 86.4 Å². The van der Waals surface area contributed by atoms with Crippen molar-refractivity contribution >= 4 is 172 Å². The Balaban J connectivity index is 0.000000201. The Labute approximate surface area is 815 Å². The fourth-order valence-corrected chi connectivity index (χ4v) is 39.6. The average Bonchev–Trinajstić information content (AvgIpc) is 1.55. The van der Waals surface area contributed by atoms with Crippen molar-refractivity contribution in [3.05, 3.63) is 186 Å². The van der Waals surface area contributed by atoms with Crippen molar-refractivity contribution in [2.75, 3.05) is 155 Å². The Kier molecular flexibility index (Phi) is 36.8. The van der Waals surface area contributed by atoms with Gasteiger partial charge in [0.05, 0.1) is 159 Å². The van der Waals surface area contributed by atoms with Crippen LogP contribution in [0, 0.1) is 25.7 Å². The minimum atomic E-state index is -0.968. The molecule has 0 radical (unpaired) electrons. The Morgan fingerprint density at radius 1 is 0.481 bits per heavy atom. The topological polar surface area (TPSA) is 298 Å². The quantitative estimate of drug-likeness (QED) is 0.0207. The molecular weight excluding hydrogens is 1910 g/mol. The molecule has 13 aliphatic rings. The molecule has 0 unspecified atom stereocenters. The van der Waals surface area contributed by atoms with Crippen molar-refractivity contribution in [2.45, 2.75) is 181 Å². The number of carboxylic acid groups (broad SMARTS) is 2. The zero-order valence-corrected chi connectivity index (χ0v) is 85.2. The van der Waals surface area contributed by atoms with E-state index in [1.54, 1.807) is 68.2 Å². The number of carbonyl (C=O) groups excluding carboxylic acids is 4. The van der Waals surface area contributed by atoms with Crippen molar-refractivity contribution in [2.24, 2.45) is 17.6 Å². The Morgan fingerprint density at radius 3 is 1.26 bits per heavy atom. The van der Waals surface area contributed by atoms with Gasteiger partial charge in [-0.2, -0.15) is 9.15 Å². The first-order valence-corrected chi connectivity index (χ1v) is 58.3. The van der Waals surface area contributed by atoms with E-state index in [9.17, 15) is 28.8 Å². The number of carbonyl (C=O) groups is 6. The molecule has 0 aromatic heterocycles.